The number of hydrogen-bond acceptors (Lipinski definition) is 4. The van der Waals surface area contributed by atoms with Gasteiger partial charge in [0.1, 0.15) is 10.7 Å². The lowest BCUT2D eigenvalue weighted by atomic mass is 10.0. The van der Waals surface area contributed by atoms with Crippen LogP contribution < -0.4 is 10.0 Å². The van der Waals surface area contributed by atoms with Crippen LogP contribution in [-0.2, 0) is 23.1 Å². The third-order valence-electron chi connectivity index (χ3n) is 6.13. The fourth-order valence-electron chi connectivity index (χ4n) is 4.04. The molecule has 0 radical (unpaired) electrons. The summed E-state index contributed by atoms with van der Waals surface area (Å²) in [6, 6.07) is 21.9. The van der Waals surface area contributed by atoms with Crippen LogP contribution in [0, 0.1) is 5.82 Å². The van der Waals surface area contributed by atoms with Crippen LogP contribution in [-0.4, -0.2) is 39.5 Å². The lowest BCUT2D eigenvalue weighted by Crippen LogP contribution is -2.40. The molecule has 0 unspecified atom stereocenters. The Morgan fingerprint density at radius 2 is 1.52 bits per heavy atom. The van der Waals surface area contributed by atoms with Crippen molar-refractivity contribution in [2.24, 2.45) is 0 Å². The summed E-state index contributed by atoms with van der Waals surface area (Å²) in [5.41, 5.74) is 3.47. The van der Waals surface area contributed by atoms with E-state index >= 15 is 0 Å². The quantitative estimate of drug-likeness (QED) is 0.522. The smallest absolute Gasteiger partial charge is 0.243 e. The van der Waals surface area contributed by atoms with Crippen molar-refractivity contribution in [2.45, 2.75) is 36.9 Å². The van der Waals surface area contributed by atoms with Gasteiger partial charge in [0.15, 0.2) is 0 Å². The van der Waals surface area contributed by atoms with Crippen molar-refractivity contribution in [1.82, 2.24) is 14.9 Å². The Balaban J connectivity index is 1.39. The maximum Gasteiger partial charge on any atom is 0.243 e. The predicted molar refractivity (Wildman–Crippen MR) is 130 cm³/mol. The summed E-state index contributed by atoms with van der Waals surface area (Å²) in [6.07, 6.45) is 2.31. The highest BCUT2D eigenvalue weighted by Crippen LogP contribution is 2.25. The lowest BCUT2D eigenvalue weighted by molar-refractivity contribution is 0.234. The Hall–Kier alpha value is -2.58. The minimum atomic E-state index is -3.95. The largest absolute Gasteiger partial charge is 0.310 e. The zero-order valence-corrected chi connectivity index (χ0v) is 19.6. The molecule has 0 atom stereocenters. The van der Waals surface area contributed by atoms with Gasteiger partial charge in [0, 0.05) is 19.1 Å². The molecule has 0 saturated carbocycles. The summed E-state index contributed by atoms with van der Waals surface area (Å²) < 4.78 is 42.4. The number of rotatable bonds is 8. The van der Waals surface area contributed by atoms with Crippen LogP contribution in [0.25, 0.3) is 11.1 Å². The fourth-order valence-corrected chi connectivity index (χ4v) is 5.12. The van der Waals surface area contributed by atoms with Crippen LogP contribution in [0.4, 0.5) is 4.39 Å². The molecule has 33 heavy (non-hydrogen) atoms. The standard InChI is InChI=1S/C26H30FN3O2S/c1-30-15-13-24(14-16-30)28-18-21-7-9-22(10-8-21)23-11-12-26(25(27)17-23)33(31,32)29-19-20-5-3-2-4-6-20/h2-12,17,24,28-29H,13-16,18-19H2,1H3. The van der Waals surface area contributed by atoms with Gasteiger partial charge in [-0.05, 0) is 67.4 Å². The molecule has 0 bridgehead atoms. The van der Waals surface area contributed by atoms with Crippen molar-refractivity contribution in [3.63, 3.8) is 0 Å². The van der Waals surface area contributed by atoms with Crippen LogP contribution in [0.5, 0.6) is 0 Å². The maximum atomic E-state index is 14.8. The van der Waals surface area contributed by atoms with Crippen molar-refractivity contribution in [2.75, 3.05) is 20.1 Å². The van der Waals surface area contributed by atoms with E-state index in [0.29, 0.717) is 11.6 Å². The summed E-state index contributed by atoms with van der Waals surface area (Å²) in [5, 5.41) is 3.61. The Bertz CT molecular complexity index is 1160. The van der Waals surface area contributed by atoms with E-state index in [-0.39, 0.29) is 11.4 Å². The molecule has 1 heterocycles. The zero-order chi connectivity index (χ0) is 23.3. The van der Waals surface area contributed by atoms with Gasteiger partial charge in [-0.25, -0.2) is 17.5 Å². The van der Waals surface area contributed by atoms with Gasteiger partial charge in [0.2, 0.25) is 10.0 Å². The van der Waals surface area contributed by atoms with Crippen molar-refractivity contribution in [3.05, 3.63) is 89.7 Å². The molecule has 0 amide bonds. The predicted octanol–water partition coefficient (Wildman–Crippen LogP) is 4.16. The van der Waals surface area contributed by atoms with Gasteiger partial charge < -0.3 is 10.2 Å². The SMILES string of the molecule is CN1CCC(NCc2ccc(-c3ccc(S(=O)(=O)NCc4ccccc4)c(F)c3)cc2)CC1. The first-order chi connectivity index (χ1) is 15.9. The number of nitrogens with zero attached hydrogens (tertiary/aromatic N) is 1. The first-order valence-corrected chi connectivity index (χ1v) is 12.7. The molecule has 4 rings (SSSR count). The molecule has 1 aliphatic heterocycles. The normalized spacial score (nSPS) is 15.6. The molecule has 3 aromatic carbocycles. The number of hydrogen-bond donors (Lipinski definition) is 2. The molecule has 0 aromatic heterocycles. The molecule has 2 N–H and O–H groups in total. The number of sulfonamides is 1. The van der Waals surface area contributed by atoms with E-state index in [2.05, 4.69) is 22.0 Å². The zero-order valence-electron chi connectivity index (χ0n) is 18.8. The third kappa shape index (κ3) is 6.26. The van der Waals surface area contributed by atoms with Crippen LogP contribution in [0.2, 0.25) is 0 Å². The maximum absolute atomic E-state index is 14.8. The third-order valence-corrected chi connectivity index (χ3v) is 7.57. The molecule has 3 aromatic rings. The topological polar surface area (TPSA) is 61.4 Å². The molecule has 1 saturated heterocycles. The Labute approximate surface area is 195 Å². The molecule has 7 heteroatoms. The Kier molecular flexibility index (Phi) is 7.55. The highest BCUT2D eigenvalue weighted by atomic mass is 32.2. The van der Waals surface area contributed by atoms with E-state index in [1.54, 1.807) is 6.07 Å². The second-order valence-corrected chi connectivity index (χ2v) is 10.3. The van der Waals surface area contributed by atoms with Crippen molar-refractivity contribution in [1.29, 1.82) is 0 Å². The minimum absolute atomic E-state index is 0.109. The summed E-state index contributed by atoms with van der Waals surface area (Å²) >= 11 is 0. The summed E-state index contributed by atoms with van der Waals surface area (Å²) in [4.78, 5) is 2.00. The first kappa shape index (κ1) is 23.6. The van der Waals surface area contributed by atoms with Gasteiger partial charge in [0.25, 0.3) is 0 Å². The van der Waals surface area contributed by atoms with E-state index in [0.717, 1.165) is 43.6 Å². The number of likely N-dealkylation sites (tertiary alicyclic amines) is 1. The van der Waals surface area contributed by atoms with E-state index in [9.17, 15) is 12.8 Å². The number of nitrogens with one attached hydrogen (secondary N) is 2. The van der Waals surface area contributed by atoms with Crippen LogP contribution in [0.15, 0.2) is 77.7 Å². The molecule has 1 fully saturated rings. The van der Waals surface area contributed by atoms with Gasteiger partial charge in [-0.2, -0.15) is 0 Å². The highest BCUT2D eigenvalue weighted by Gasteiger charge is 2.19. The Morgan fingerprint density at radius 1 is 0.879 bits per heavy atom. The number of piperidine rings is 1. The molecule has 174 valence electrons. The highest BCUT2D eigenvalue weighted by molar-refractivity contribution is 7.89. The first-order valence-electron chi connectivity index (χ1n) is 11.2. The van der Waals surface area contributed by atoms with Crippen molar-refractivity contribution >= 4 is 10.0 Å². The monoisotopic (exact) mass is 467 g/mol. The average Bonchev–Trinajstić information content (AvgIpc) is 2.83. The molecular formula is C26H30FN3O2S. The molecule has 1 aliphatic rings. The van der Waals surface area contributed by atoms with E-state index in [1.807, 2.05) is 54.6 Å². The molecular weight excluding hydrogens is 437 g/mol. The van der Waals surface area contributed by atoms with Gasteiger partial charge in [-0.3, -0.25) is 0 Å². The molecule has 5 nitrogen and oxygen atoms in total. The second kappa shape index (κ2) is 10.6. The van der Waals surface area contributed by atoms with E-state index in [4.69, 9.17) is 0 Å². The lowest BCUT2D eigenvalue weighted by Gasteiger charge is -2.29. The fraction of sp³-hybridized carbons (Fsp3) is 0.308. The second-order valence-electron chi connectivity index (χ2n) is 8.61. The van der Waals surface area contributed by atoms with Gasteiger partial charge >= 0.3 is 0 Å². The molecule has 0 spiro atoms. The minimum Gasteiger partial charge on any atom is -0.310 e. The van der Waals surface area contributed by atoms with E-state index < -0.39 is 15.8 Å². The number of halogens is 1. The summed E-state index contributed by atoms with van der Waals surface area (Å²) in [6.45, 7) is 3.15. The van der Waals surface area contributed by atoms with Gasteiger partial charge in [0.05, 0.1) is 0 Å². The van der Waals surface area contributed by atoms with Gasteiger partial charge in [-0.1, -0.05) is 60.7 Å². The van der Waals surface area contributed by atoms with E-state index in [1.165, 1.54) is 17.7 Å². The van der Waals surface area contributed by atoms with Gasteiger partial charge in [-0.15, -0.1) is 0 Å². The average molecular weight is 468 g/mol. The van der Waals surface area contributed by atoms with Crippen molar-refractivity contribution < 1.29 is 12.8 Å². The number of benzene rings is 3. The van der Waals surface area contributed by atoms with Crippen LogP contribution in [0.1, 0.15) is 24.0 Å². The Morgan fingerprint density at radius 3 is 2.18 bits per heavy atom. The summed E-state index contributed by atoms with van der Waals surface area (Å²) in [7, 11) is -1.80. The van der Waals surface area contributed by atoms with Crippen molar-refractivity contribution in [3.8, 4) is 11.1 Å². The van der Waals surface area contributed by atoms with Crippen LogP contribution >= 0.6 is 0 Å². The molecule has 0 aliphatic carbocycles. The summed E-state index contributed by atoms with van der Waals surface area (Å²) in [5.74, 6) is -0.763. The van der Waals surface area contributed by atoms with Crippen LogP contribution in [0.3, 0.4) is 0 Å².